The number of ether oxygens (including phenoxy) is 1. The van der Waals surface area contributed by atoms with Gasteiger partial charge in [-0.2, -0.15) is 0 Å². The summed E-state index contributed by atoms with van der Waals surface area (Å²) in [7, 11) is 0. The lowest BCUT2D eigenvalue weighted by Gasteiger charge is -2.16. The number of rotatable bonds is 6. The monoisotopic (exact) mass is 238 g/mol. The van der Waals surface area contributed by atoms with Gasteiger partial charge in [-0.15, -0.1) is 0 Å². The van der Waals surface area contributed by atoms with E-state index in [1.807, 2.05) is 0 Å². The number of hydrogen-bond acceptors (Lipinski definition) is 1. The standard InChI is InChI=1S/C15H23FO/c1-11(2)10-17-15-13(4)8-12(3)9-14(15)6-5-7-16/h8-9,11H,5-7,10H2,1-4H3. The van der Waals surface area contributed by atoms with Crippen LogP contribution in [0.25, 0.3) is 0 Å². The van der Waals surface area contributed by atoms with E-state index in [2.05, 4.69) is 39.8 Å². The normalized spacial score (nSPS) is 10.9. The van der Waals surface area contributed by atoms with E-state index in [-0.39, 0.29) is 6.67 Å². The van der Waals surface area contributed by atoms with Gasteiger partial charge in [-0.1, -0.05) is 31.5 Å². The molecular formula is C15H23FO. The number of aryl methyl sites for hydroxylation is 3. The number of benzene rings is 1. The van der Waals surface area contributed by atoms with Crippen molar-refractivity contribution in [2.24, 2.45) is 5.92 Å². The lowest BCUT2D eigenvalue weighted by atomic mass is 10.0. The zero-order valence-electron chi connectivity index (χ0n) is 11.3. The molecule has 0 amide bonds. The maximum atomic E-state index is 12.3. The second kappa shape index (κ2) is 6.63. The summed E-state index contributed by atoms with van der Waals surface area (Å²) in [6.45, 7) is 8.83. The Kier molecular flexibility index (Phi) is 5.46. The lowest BCUT2D eigenvalue weighted by Crippen LogP contribution is -2.08. The van der Waals surface area contributed by atoms with E-state index in [9.17, 15) is 4.39 Å². The van der Waals surface area contributed by atoms with Crippen LogP contribution in [0, 0.1) is 19.8 Å². The van der Waals surface area contributed by atoms with Crippen LogP contribution in [0.15, 0.2) is 12.1 Å². The first kappa shape index (κ1) is 14.0. The van der Waals surface area contributed by atoms with Gasteiger partial charge in [-0.25, -0.2) is 0 Å². The fraction of sp³-hybridized carbons (Fsp3) is 0.600. The summed E-state index contributed by atoms with van der Waals surface area (Å²) in [6.07, 6.45) is 1.33. The fourth-order valence-electron chi connectivity index (χ4n) is 1.94. The Bertz CT molecular complexity index is 358. The van der Waals surface area contributed by atoms with Gasteiger partial charge >= 0.3 is 0 Å². The summed E-state index contributed by atoms with van der Waals surface area (Å²) in [5, 5.41) is 0. The van der Waals surface area contributed by atoms with Gasteiger partial charge in [0, 0.05) is 0 Å². The highest BCUT2D eigenvalue weighted by Crippen LogP contribution is 2.27. The molecule has 1 aromatic rings. The van der Waals surface area contributed by atoms with Crippen LogP contribution >= 0.6 is 0 Å². The lowest BCUT2D eigenvalue weighted by molar-refractivity contribution is 0.266. The number of hydrogen-bond donors (Lipinski definition) is 0. The molecule has 0 N–H and O–H groups in total. The molecular weight excluding hydrogens is 215 g/mol. The molecule has 0 aliphatic carbocycles. The van der Waals surface area contributed by atoms with E-state index in [0.717, 1.165) is 23.3 Å². The smallest absolute Gasteiger partial charge is 0.125 e. The van der Waals surface area contributed by atoms with Crippen LogP contribution in [0.5, 0.6) is 5.75 Å². The third kappa shape index (κ3) is 4.37. The minimum Gasteiger partial charge on any atom is -0.493 e. The highest BCUT2D eigenvalue weighted by Gasteiger charge is 2.09. The van der Waals surface area contributed by atoms with Crippen LogP contribution in [-0.4, -0.2) is 13.3 Å². The molecule has 17 heavy (non-hydrogen) atoms. The van der Waals surface area contributed by atoms with E-state index in [1.165, 1.54) is 5.56 Å². The number of alkyl halides is 1. The van der Waals surface area contributed by atoms with Gasteiger partial charge in [0.25, 0.3) is 0 Å². The molecule has 0 fully saturated rings. The molecule has 0 aliphatic heterocycles. The molecule has 0 heterocycles. The molecule has 0 unspecified atom stereocenters. The largest absolute Gasteiger partial charge is 0.493 e. The Hall–Kier alpha value is -1.05. The molecule has 1 nitrogen and oxygen atoms in total. The van der Waals surface area contributed by atoms with Crippen LogP contribution in [0.3, 0.4) is 0 Å². The molecule has 0 saturated heterocycles. The predicted octanol–water partition coefficient (Wildman–Crippen LogP) is 4.24. The van der Waals surface area contributed by atoms with Crippen molar-refractivity contribution in [2.75, 3.05) is 13.3 Å². The van der Waals surface area contributed by atoms with Crippen LogP contribution in [-0.2, 0) is 6.42 Å². The zero-order chi connectivity index (χ0) is 12.8. The van der Waals surface area contributed by atoms with E-state index in [4.69, 9.17) is 4.74 Å². The number of halogens is 1. The summed E-state index contributed by atoms with van der Waals surface area (Å²) in [5.74, 6) is 1.46. The molecule has 0 aromatic heterocycles. The Morgan fingerprint density at radius 3 is 2.53 bits per heavy atom. The average Bonchev–Trinajstić information content (AvgIpc) is 2.24. The van der Waals surface area contributed by atoms with Gasteiger partial charge in [-0.3, -0.25) is 4.39 Å². The summed E-state index contributed by atoms with van der Waals surface area (Å²) in [6, 6.07) is 4.23. The Morgan fingerprint density at radius 2 is 1.94 bits per heavy atom. The minimum atomic E-state index is -0.267. The Labute approximate surface area is 104 Å². The molecule has 0 atom stereocenters. The molecule has 1 aromatic carbocycles. The summed E-state index contributed by atoms with van der Waals surface area (Å²) in [4.78, 5) is 0. The maximum Gasteiger partial charge on any atom is 0.125 e. The second-order valence-electron chi connectivity index (χ2n) is 5.07. The summed E-state index contributed by atoms with van der Waals surface area (Å²) < 4.78 is 18.1. The Balaban J connectivity index is 2.90. The highest BCUT2D eigenvalue weighted by molar-refractivity contribution is 5.44. The average molecular weight is 238 g/mol. The minimum absolute atomic E-state index is 0.267. The van der Waals surface area contributed by atoms with E-state index >= 15 is 0 Å². The molecule has 0 radical (unpaired) electrons. The first-order valence-electron chi connectivity index (χ1n) is 6.33. The van der Waals surface area contributed by atoms with Crippen molar-refractivity contribution < 1.29 is 9.13 Å². The second-order valence-corrected chi connectivity index (χ2v) is 5.07. The van der Waals surface area contributed by atoms with E-state index < -0.39 is 0 Å². The van der Waals surface area contributed by atoms with Gasteiger partial charge in [0.15, 0.2) is 0 Å². The van der Waals surface area contributed by atoms with Crippen molar-refractivity contribution in [2.45, 2.75) is 40.5 Å². The van der Waals surface area contributed by atoms with Gasteiger partial charge in [0.1, 0.15) is 5.75 Å². The van der Waals surface area contributed by atoms with Gasteiger partial charge in [0.05, 0.1) is 13.3 Å². The summed E-state index contributed by atoms with van der Waals surface area (Å²) >= 11 is 0. The van der Waals surface area contributed by atoms with Crippen molar-refractivity contribution in [1.29, 1.82) is 0 Å². The van der Waals surface area contributed by atoms with Crippen molar-refractivity contribution in [3.63, 3.8) is 0 Å². The zero-order valence-corrected chi connectivity index (χ0v) is 11.3. The molecule has 0 bridgehead atoms. The first-order chi connectivity index (χ1) is 8.04. The van der Waals surface area contributed by atoms with Crippen molar-refractivity contribution in [1.82, 2.24) is 0 Å². The highest BCUT2D eigenvalue weighted by atomic mass is 19.1. The first-order valence-corrected chi connectivity index (χ1v) is 6.33. The van der Waals surface area contributed by atoms with Gasteiger partial charge in [-0.05, 0) is 43.7 Å². The van der Waals surface area contributed by atoms with Crippen molar-refractivity contribution in [3.05, 3.63) is 28.8 Å². The third-order valence-electron chi connectivity index (χ3n) is 2.64. The van der Waals surface area contributed by atoms with Gasteiger partial charge < -0.3 is 4.74 Å². The predicted molar refractivity (Wildman–Crippen MR) is 70.5 cm³/mol. The van der Waals surface area contributed by atoms with Crippen molar-refractivity contribution in [3.8, 4) is 5.75 Å². The maximum absolute atomic E-state index is 12.3. The molecule has 0 saturated carbocycles. The molecule has 2 heteroatoms. The van der Waals surface area contributed by atoms with Crippen LogP contribution in [0.1, 0.15) is 37.0 Å². The van der Waals surface area contributed by atoms with E-state index in [1.54, 1.807) is 0 Å². The molecule has 96 valence electrons. The van der Waals surface area contributed by atoms with Crippen molar-refractivity contribution >= 4 is 0 Å². The van der Waals surface area contributed by atoms with Crippen LogP contribution in [0.2, 0.25) is 0 Å². The molecule has 0 aliphatic rings. The topological polar surface area (TPSA) is 9.23 Å². The fourth-order valence-corrected chi connectivity index (χ4v) is 1.94. The SMILES string of the molecule is Cc1cc(C)c(OCC(C)C)c(CCCF)c1. The van der Waals surface area contributed by atoms with Crippen LogP contribution < -0.4 is 4.74 Å². The van der Waals surface area contributed by atoms with Crippen LogP contribution in [0.4, 0.5) is 4.39 Å². The quantitative estimate of drug-likeness (QED) is 0.720. The molecule has 1 rings (SSSR count). The molecule has 0 spiro atoms. The third-order valence-corrected chi connectivity index (χ3v) is 2.64. The van der Waals surface area contributed by atoms with Gasteiger partial charge in [0.2, 0.25) is 0 Å². The summed E-state index contributed by atoms with van der Waals surface area (Å²) in [5.41, 5.74) is 3.51. The Morgan fingerprint density at radius 1 is 1.24 bits per heavy atom. The van der Waals surface area contributed by atoms with E-state index in [0.29, 0.717) is 18.9 Å².